The van der Waals surface area contributed by atoms with Crippen molar-refractivity contribution < 1.29 is 14.7 Å². The first kappa shape index (κ1) is 20.5. The Morgan fingerprint density at radius 3 is 2.58 bits per heavy atom. The van der Waals surface area contributed by atoms with Gasteiger partial charge >= 0.3 is 6.09 Å². The molecule has 1 heterocycles. The topological polar surface area (TPSA) is 105 Å². The van der Waals surface area contributed by atoms with E-state index in [2.05, 4.69) is 21.6 Å². The molecular weight excluding hydrogens is 332 g/mol. The lowest BCUT2D eigenvalue weighted by atomic mass is 9.89. The highest BCUT2D eigenvalue weighted by Crippen LogP contribution is 2.28. The van der Waals surface area contributed by atoms with Crippen LogP contribution in [0.15, 0.2) is 0 Å². The molecule has 146 valence electrons. The highest BCUT2D eigenvalue weighted by molar-refractivity contribution is 5.86. The summed E-state index contributed by atoms with van der Waals surface area (Å²) in [6.07, 6.45) is 6.18. The average molecular weight is 364 g/mol. The number of likely N-dealkylation sites (tertiary alicyclic amines) is 1. The number of carboxylic acid groups (broad SMARTS) is 1. The highest BCUT2D eigenvalue weighted by atomic mass is 16.4. The Hall–Kier alpha value is -1.81. The molecular formula is C19H32N4O3. The largest absolute Gasteiger partial charge is 0.465 e. The number of hydrogen-bond donors (Lipinski definition) is 3. The minimum absolute atomic E-state index is 0.169. The first-order chi connectivity index (χ1) is 12.3. The lowest BCUT2D eigenvalue weighted by Crippen LogP contribution is -2.56. The first-order valence-electron chi connectivity index (χ1n) is 9.78. The van der Waals surface area contributed by atoms with Gasteiger partial charge < -0.3 is 15.7 Å². The number of hydrogen-bond acceptors (Lipinski definition) is 4. The Morgan fingerprint density at radius 2 is 2.00 bits per heavy atom. The molecule has 7 nitrogen and oxygen atoms in total. The molecule has 3 N–H and O–H groups in total. The first-order valence-corrected chi connectivity index (χ1v) is 9.78. The standard InChI is InChI=1S/C19H32N4O3/c1-14(2)10-16(21-18(25)26)17(24)22-19(12-20)8-9-23(13-19)11-15-6-4-3-5-7-15/h14-16,21H,3-11,13H2,1-2H3,(H,22,24)(H,25,26). The summed E-state index contributed by atoms with van der Waals surface area (Å²) < 4.78 is 0. The van der Waals surface area contributed by atoms with Crippen LogP contribution in [0.1, 0.15) is 58.8 Å². The minimum Gasteiger partial charge on any atom is -0.465 e. The van der Waals surface area contributed by atoms with Crippen LogP contribution in [0.2, 0.25) is 0 Å². The average Bonchev–Trinajstić information content (AvgIpc) is 2.97. The number of carbonyl (C=O) groups excluding carboxylic acids is 1. The van der Waals surface area contributed by atoms with E-state index in [1.807, 2.05) is 13.8 Å². The zero-order valence-electron chi connectivity index (χ0n) is 16.0. The normalized spacial score (nSPS) is 25.6. The Kier molecular flexibility index (Phi) is 7.27. The highest BCUT2D eigenvalue weighted by Gasteiger charge is 2.41. The summed E-state index contributed by atoms with van der Waals surface area (Å²) in [7, 11) is 0. The molecule has 0 aromatic carbocycles. The van der Waals surface area contributed by atoms with Crippen molar-refractivity contribution >= 4 is 12.0 Å². The summed E-state index contributed by atoms with van der Waals surface area (Å²) in [5.74, 6) is 0.459. The maximum Gasteiger partial charge on any atom is 0.405 e. The summed E-state index contributed by atoms with van der Waals surface area (Å²) in [5.41, 5.74) is -0.916. The van der Waals surface area contributed by atoms with E-state index in [0.717, 1.165) is 13.1 Å². The molecule has 2 atom stereocenters. The molecule has 2 fully saturated rings. The van der Waals surface area contributed by atoms with E-state index in [1.54, 1.807) is 0 Å². The van der Waals surface area contributed by atoms with Crippen LogP contribution in [-0.2, 0) is 4.79 Å². The molecule has 0 aromatic heterocycles. The van der Waals surface area contributed by atoms with Gasteiger partial charge in [0, 0.05) is 19.6 Å². The van der Waals surface area contributed by atoms with Crippen molar-refractivity contribution in [3.63, 3.8) is 0 Å². The predicted octanol–water partition coefficient (Wildman–Crippen LogP) is 2.33. The third kappa shape index (κ3) is 5.87. The third-order valence-corrected chi connectivity index (χ3v) is 5.49. The fourth-order valence-corrected chi connectivity index (χ4v) is 4.18. The fraction of sp³-hybridized carbons (Fsp3) is 0.842. The van der Waals surface area contributed by atoms with E-state index < -0.39 is 23.6 Å². The second-order valence-corrected chi connectivity index (χ2v) is 8.30. The number of nitrogens with one attached hydrogen (secondary N) is 2. The fourth-order valence-electron chi connectivity index (χ4n) is 4.18. The molecule has 2 unspecified atom stereocenters. The molecule has 1 saturated carbocycles. The maximum absolute atomic E-state index is 12.6. The van der Waals surface area contributed by atoms with Gasteiger partial charge in [-0.15, -0.1) is 0 Å². The van der Waals surface area contributed by atoms with E-state index in [4.69, 9.17) is 5.11 Å². The van der Waals surface area contributed by atoms with Crippen LogP contribution < -0.4 is 10.6 Å². The molecule has 1 saturated heterocycles. The molecule has 1 aliphatic heterocycles. The van der Waals surface area contributed by atoms with Crippen LogP contribution in [0.25, 0.3) is 0 Å². The number of rotatable bonds is 7. The predicted molar refractivity (Wildman–Crippen MR) is 98.5 cm³/mol. The van der Waals surface area contributed by atoms with Crippen molar-refractivity contribution in [1.29, 1.82) is 5.26 Å². The molecule has 1 aliphatic carbocycles. The second-order valence-electron chi connectivity index (χ2n) is 8.30. The van der Waals surface area contributed by atoms with Gasteiger partial charge in [0.25, 0.3) is 0 Å². The van der Waals surface area contributed by atoms with E-state index in [-0.39, 0.29) is 5.92 Å². The van der Waals surface area contributed by atoms with Gasteiger partial charge in [0.15, 0.2) is 0 Å². The molecule has 0 bridgehead atoms. The smallest absolute Gasteiger partial charge is 0.405 e. The summed E-state index contributed by atoms with van der Waals surface area (Å²) in [6, 6.07) is 1.46. The van der Waals surface area contributed by atoms with Gasteiger partial charge in [-0.2, -0.15) is 5.26 Å². The van der Waals surface area contributed by atoms with Crippen molar-refractivity contribution in [2.45, 2.75) is 70.4 Å². The minimum atomic E-state index is -1.22. The van der Waals surface area contributed by atoms with Gasteiger partial charge in [-0.25, -0.2) is 4.79 Å². The van der Waals surface area contributed by atoms with Gasteiger partial charge in [-0.1, -0.05) is 33.1 Å². The maximum atomic E-state index is 12.6. The summed E-state index contributed by atoms with van der Waals surface area (Å²) in [4.78, 5) is 25.9. The molecule has 2 amide bonds. The SMILES string of the molecule is CC(C)CC(NC(=O)O)C(=O)NC1(C#N)CCN(CC2CCCCC2)C1. The summed E-state index contributed by atoms with van der Waals surface area (Å²) in [5, 5.41) is 23.8. The van der Waals surface area contributed by atoms with Crippen LogP contribution in [0.4, 0.5) is 4.79 Å². The van der Waals surface area contributed by atoms with Crippen molar-refractivity contribution in [1.82, 2.24) is 15.5 Å². The summed E-state index contributed by atoms with van der Waals surface area (Å²) >= 11 is 0. The Bertz CT molecular complexity index is 539. The third-order valence-electron chi connectivity index (χ3n) is 5.49. The van der Waals surface area contributed by atoms with Crippen LogP contribution in [0.3, 0.4) is 0 Å². The van der Waals surface area contributed by atoms with E-state index in [1.165, 1.54) is 32.1 Å². The van der Waals surface area contributed by atoms with Crippen LogP contribution in [0.5, 0.6) is 0 Å². The second kappa shape index (κ2) is 9.22. The molecule has 2 rings (SSSR count). The molecule has 7 heteroatoms. The van der Waals surface area contributed by atoms with Gasteiger partial charge in [0.1, 0.15) is 11.6 Å². The van der Waals surface area contributed by atoms with Gasteiger partial charge in [0.05, 0.1) is 6.07 Å². The molecule has 0 radical (unpaired) electrons. The summed E-state index contributed by atoms with van der Waals surface area (Å²) in [6.45, 7) is 6.18. The quantitative estimate of drug-likeness (QED) is 0.643. The number of amides is 2. The van der Waals surface area contributed by atoms with Crippen LogP contribution in [-0.4, -0.2) is 53.2 Å². The zero-order valence-corrected chi connectivity index (χ0v) is 16.0. The molecule has 0 aromatic rings. The molecule has 26 heavy (non-hydrogen) atoms. The lowest BCUT2D eigenvalue weighted by molar-refractivity contribution is -0.124. The van der Waals surface area contributed by atoms with E-state index in [9.17, 15) is 14.9 Å². The van der Waals surface area contributed by atoms with Crippen molar-refractivity contribution in [3.05, 3.63) is 0 Å². The lowest BCUT2D eigenvalue weighted by Gasteiger charge is -2.29. The molecule has 0 spiro atoms. The molecule has 2 aliphatic rings. The van der Waals surface area contributed by atoms with Crippen molar-refractivity contribution in [3.8, 4) is 6.07 Å². The van der Waals surface area contributed by atoms with Crippen molar-refractivity contribution in [2.24, 2.45) is 11.8 Å². The number of nitrogens with zero attached hydrogens (tertiary/aromatic N) is 2. The van der Waals surface area contributed by atoms with Crippen LogP contribution in [0, 0.1) is 23.2 Å². The van der Waals surface area contributed by atoms with Crippen molar-refractivity contribution in [2.75, 3.05) is 19.6 Å². The van der Waals surface area contributed by atoms with Crippen LogP contribution >= 0.6 is 0 Å². The Balaban J connectivity index is 1.94. The monoisotopic (exact) mass is 364 g/mol. The zero-order chi connectivity index (χ0) is 19.2. The van der Waals surface area contributed by atoms with Gasteiger partial charge in [0.2, 0.25) is 5.91 Å². The Morgan fingerprint density at radius 1 is 1.31 bits per heavy atom. The van der Waals surface area contributed by atoms with E-state index >= 15 is 0 Å². The van der Waals surface area contributed by atoms with E-state index in [0.29, 0.717) is 25.3 Å². The van der Waals surface area contributed by atoms with Gasteiger partial charge in [-0.05, 0) is 37.5 Å². The van der Waals surface area contributed by atoms with Gasteiger partial charge in [-0.3, -0.25) is 9.69 Å². The Labute approximate surface area is 156 Å². The number of carbonyl (C=O) groups is 2. The number of nitriles is 1.